The molecule has 0 spiro atoms. The van der Waals surface area contributed by atoms with Crippen LogP contribution in [-0.2, 0) is 9.59 Å². The number of nitrogens with zero attached hydrogens (tertiary/aromatic N) is 1. The Labute approximate surface area is 106 Å². The highest BCUT2D eigenvalue weighted by Gasteiger charge is 2.20. The van der Waals surface area contributed by atoms with E-state index in [1.165, 1.54) is 0 Å². The smallest absolute Gasteiger partial charge is 0.324 e. The van der Waals surface area contributed by atoms with Crippen molar-refractivity contribution in [3.8, 4) is 0 Å². The van der Waals surface area contributed by atoms with Crippen LogP contribution >= 0.6 is 0 Å². The third-order valence-electron chi connectivity index (χ3n) is 2.95. The number of carbonyl (C=O) groups is 3. The molecular formula is C12H20N2O4. The fraction of sp³-hybridized carbons (Fsp3) is 0.750. The van der Waals surface area contributed by atoms with E-state index in [4.69, 9.17) is 5.11 Å². The summed E-state index contributed by atoms with van der Waals surface area (Å²) >= 11 is 0. The van der Waals surface area contributed by atoms with Crippen LogP contribution in [-0.4, -0.2) is 41.0 Å². The Bertz CT molecular complexity index is 324. The van der Waals surface area contributed by atoms with E-state index < -0.39 is 11.9 Å². The predicted octanol–water partition coefficient (Wildman–Crippen LogP) is 1.21. The Morgan fingerprint density at radius 1 is 1.17 bits per heavy atom. The third kappa shape index (κ3) is 5.16. The summed E-state index contributed by atoms with van der Waals surface area (Å²) in [5.74, 6) is -1.60. The highest BCUT2D eigenvalue weighted by atomic mass is 16.4. The molecule has 6 heteroatoms. The maximum Gasteiger partial charge on any atom is 0.324 e. The Morgan fingerprint density at radius 2 is 1.78 bits per heavy atom. The lowest BCUT2D eigenvalue weighted by Crippen LogP contribution is -2.45. The summed E-state index contributed by atoms with van der Waals surface area (Å²) in [5, 5.41) is 10.9. The Balaban J connectivity index is 2.30. The number of amides is 3. The summed E-state index contributed by atoms with van der Waals surface area (Å²) < 4.78 is 0. The Morgan fingerprint density at radius 3 is 2.33 bits per heavy atom. The molecule has 1 aliphatic heterocycles. The van der Waals surface area contributed by atoms with Gasteiger partial charge in [-0.15, -0.1) is 0 Å². The van der Waals surface area contributed by atoms with E-state index in [0.29, 0.717) is 13.1 Å². The fourth-order valence-corrected chi connectivity index (χ4v) is 2.03. The second-order valence-corrected chi connectivity index (χ2v) is 4.81. The van der Waals surface area contributed by atoms with Crippen molar-refractivity contribution in [1.82, 2.24) is 10.2 Å². The van der Waals surface area contributed by atoms with Gasteiger partial charge in [0, 0.05) is 25.9 Å². The van der Waals surface area contributed by atoms with Gasteiger partial charge in [0.25, 0.3) is 0 Å². The number of urea groups is 1. The van der Waals surface area contributed by atoms with E-state index in [2.05, 4.69) is 5.32 Å². The molecule has 18 heavy (non-hydrogen) atoms. The molecule has 1 unspecified atom stereocenters. The minimum absolute atomic E-state index is 0.0614. The van der Waals surface area contributed by atoms with Gasteiger partial charge in [0.2, 0.25) is 5.91 Å². The van der Waals surface area contributed by atoms with Crippen LogP contribution in [0.3, 0.4) is 0 Å². The number of aliphatic carboxylic acids is 1. The van der Waals surface area contributed by atoms with E-state index in [9.17, 15) is 14.4 Å². The molecule has 102 valence electrons. The number of likely N-dealkylation sites (tertiary alicyclic amines) is 1. The average molecular weight is 256 g/mol. The Kier molecular flexibility index (Phi) is 5.61. The molecule has 1 fully saturated rings. The molecule has 0 aliphatic carbocycles. The van der Waals surface area contributed by atoms with Crippen molar-refractivity contribution in [3.63, 3.8) is 0 Å². The molecular weight excluding hydrogens is 236 g/mol. The van der Waals surface area contributed by atoms with Gasteiger partial charge in [-0.3, -0.25) is 14.9 Å². The van der Waals surface area contributed by atoms with Gasteiger partial charge in [0.15, 0.2) is 0 Å². The first kappa shape index (κ1) is 14.5. The molecule has 0 aromatic heterocycles. The van der Waals surface area contributed by atoms with Crippen molar-refractivity contribution in [1.29, 1.82) is 0 Å². The van der Waals surface area contributed by atoms with Gasteiger partial charge in [-0.1, -0.05) is 6.92 Å². The van der Waals surface area contributed by atoms with Crippen LogP contribution in [0, 0.1) is 5.92 Å². The Hall–Kier alpha value is -1.59. The third-order valence-corrected chi connectivity index (χ3v) is 2.95. The van der Waals surface area contributed by atoms with Gasteiger partial charge in [0.1, 0.15) is 0 Å². The topological polar surface area (TPSA) is 86.7 Å². The van der Waals surface area contributed by atoms with E-state index in [-0.39, 0.29) is 24.8 Å². The quantitative estimate of drug-likeness (QED) is 0.791. The first-order valence-corrected chi connectivity index (χ1v) is 6.29. The van der Waals surface area contributed by atoms with E-state index in [0.717, 1.165) is 19.3 Å². The van der Waals surface area contributed by atoms with Gasteiger partial charge < -0.3 is 10.0 Å². The van der Waals surface area contributed by atoms with Crippen LogP contribution in [0.15, 0.2) is 0 Å². The first-order chi connectivity index (χ1) is 8.49. The molecule has 0 bridgehead atoms. The normalized spacial score (nSPS) is 17.1. The average Bonchev–Trinajstić information content (AvgIpc) is 2.28. The van der Waals surface area contributed by atoms with Crippen molar-refractivity contribution in [2.75, 3.05) is 13.1 Å². The zero-order valence-electron chi connectivity index (χ0n) is 10.6. The van der Waals surface area contributed by atoms with Crippen LogP contribution in [0.25, 0.3) is 0 Å². The second kappa shape index (κ2) is 6.98. The monoisotopic (exact) mass is 256 g/mol. The first-order valence-electron chi connectivity index (χ1n) is 6.29. The number of piperidine rings is 1. The minimum atomic E-state index is -0.933. The number of nitrogens with one attached hydrogen (secondary N) is 1. The van der Waals surface area contributed by atoms with Gasteiger partial charge in [-0.2, -0.15) is 0 Å². The van der Waals surface area contributed by atoms with Gasteiger partial charge in [0.05, 0.1) is 0 Å². The summed E-state index contributed by atoms with van der Waals surface area (Å²) in [4.78, 5) is 35.3. The van der Waals surface area contributed by atoms with Gasteiger partial charge in [-0.25, -0.2) is 4.79 Å². The zero-order chi connectivity index (χ0) is 13.5. The summed E-state index contributed by atoms with van der Waals surface area (Å²) in [5.41, 5.74) is 0. The van der Waals surface area contributed by atoms with Gasteiger partial charge in [-0.05, 0) is 25.2 Å². The van der Waals surface area contributed by atoms with E-state index in [1.807, 2.05) is 0 Å². The molecule has 0 saturated carbocycles. The SMILES string of the molecule is CC(CC(=O)O)CC(=O)NC(=O)N1CCCCC1. The predicted molar refractivity (Wildman–Crippen MR) is 65.0 cm³/mol. The highest BCUT2D eigenvalue weighted by Crippen LogP contribution is 2.10. The molecule has 0 aromatic rings. The molecule has 1 rings (SSSR count). The molecule has 0 aromatic carbocycles. The summed E-state index contributed by atoms with van der Waals surface area (Å²) in [6, 6.07) is -0.359. The van der Waals surface area contributed by atoms with E-state index >= 15 is 0 Å². The lowest BCUT2D eigenvalue weighted by atomic mass is 10.0. The number of rotatable bonds is 4. The molecule has 3 amide bonds. The number of carbonyl (C=O) groups excluding carboxylic acids is 2. The number of hydrogen-bond donors (Lipinski definition) is 2. The summed E-state index contributed by atoms with van der Waals surface area (Å²) in [6.07, 6.45) is 3.05. The number of carboxylic acid groups (broad SMARTS) is 1. The van der Waals surface area contributed by atoms with E-state index in [1.54, 1.807) is 11.8 Å². The van der Waals surface area contributed by atoms with Crippen molar-refractivity contribution in [2.24, 2.45) is 5.92 Å². The molecule has 1 atom stereocenters. The lowest BCUT2D eigenvalue weighted by molar-refractivity contribution is -0.138. The van der Waals surface area contributed by atoms with Gasteiger partial charge >= 0.3 is 12.0 Å². The molecule has 1 aliphatic rings. The lowest BCUT2D eigenvalue weighted by Gasteiger charge is -2.26. The van der Waals surface area contributed by atoms with Crippen LogP contribution in [0.1, 0.15) is 39.0 Å². The van der Waals surface area contributed by atoms with Crippen molar-refractivity contribution in [2.45, 2.75) is 39.0 Å². The maximum absolute atomic E-state index is 11.7. The highest BCUT2D eigenvalue weighted by molar-refractivity contribution is 5.94. The van der Waals surface area contributed by atoms with Crippen LogP contribution < -0.4 is 5.32 Å². The van der Waals surface area contributed by atoms with Crippen LogP contribution in [0.5, 0.6) is 0 Å². The second-order valence-electron chi connectivity index (χ2n) is 4.81. The fourth-order valence-electron chi connectivity index (χ4n) is 2.03. The summed E-state index contributed by atoms with van der Waals surface area (Å²) in [7, 11) is 0. The molecule has 0 radical (unpaired) electrons. The summed E-state index contributed by atoms with van der Waals surface area (Å²) in [6.45, 7) is 3.05. The van der Waals surface area contributed by atoms with Crippen molar-refractivity contribution >= 4 is 17.9 Å². The van der Waals surface area contributed by atoms with Crippen molar-refractivity contribution in [3.05, 3.63) is 0 Å². The molecule has 2 N–H and O–H groups in total. The molecule has 1 heterocycles. The van der Waals surface area contributed by atoms with Crippen LogP contribution in [0.4, 0.5) is 4.79 Å². The zero-order valence-corrected chi connectivity index (χ0v) is 10.6. The number of imide groups is 1. The number of hydrogen-bond acceptors (Lipinski definition) is 3. The number of carboxylic acids is 1. The standard InChI is InChI=1S/C12H20N2O4/c1-9(8-11(16)17)7-10(15)13-12(18)14-5-3-2-4-6-14/h9H,2-8H2,1H3,(H,16,17)(H,13,15,18). The van der Waals surface area contributed by atoms with Crippen LogP contribution in [0.2, 0.25) is 0 Å². The van der Waals surface area contributed by atoms with Crippen molar-refractivity contribution < 1.29 is 19.5 Å². The molecule has 6 nitrogen and oxygen atoms in total. The minimum Gasteiger partial charge on any atom is -0.481 e. The largest absolute Gasteiger partial charge is 0.481 e. The molecule has 1 saturated heterocycles. The maximum atomic E-state index is 11.7.